The first-order valence-electron chi connectivity index (χ1n) is 9.16. The van der Waals surface area contributed by atoms with Crippen molar-refractivity contribution in [2.45, 2.75) is 27.3 Å². The second kappa shape index (κ2) is 8.19. The van der Waals surface area contributed by atoms with E-state index in [1.54, 1.807) is 7.11 Å². The summed E-state index contributed by atoms with van der Waals surface area (Å²) in [5.74, 6) is -0.0907. The summed E-state index contributed by atoms with van der Waals surface area (Å²) < 4.78 is 7.30. The summed E-state index contributed by atoms with van der Waals surface area (Å²) in [4.78, 5) is 16.1. The van der Waals surface area contributed by atoms with Gasteiger partial charge in [-0.25, -0.2) is 0 Å². The molecule has 0 aliphatic heterocycles. The quantitative estimate of drug-likeness (QED) is 0.523. The second-order valence-corrected chi connectivity index (χ2v) is 7.16. The zero-order valence-corrected chi connectivity index (χ0v) is 16.4. The monoisotopic (exact) mass is 398 g/mol. The molecule has 0 bridgehead atoms. The van der Waals surface area contributed by atoms with E-state index < -0.39 is 5.97 Å². The van der Waals surface area contributed by atoms with Crippen molar-refractivity contribution in [3.8, 4) is 16.9 Å². The first kappa shape index (κ1) is 21.4. The number of benzene rings is 2. The average molecular weight is 398 g/mol. The van der Waals surface area contributed by atoms with Crippen LogP contribution < -0.4 is 4.74 Å². The van der Waals surface area contributed by atoms with E-state index in [0.29, 0.717) is 0 Å². The molecule has 4 aromatic rings. The van der Waals surface area contributed by atoms with Crippen molar-refractivity contribution in [2.24, 2.45) is 0 Å². The Morgan fingerprint density at radius 2 is 1.83 bits per heavy atom. The summed E-state index contributed by atoms with van der Waals surface area (Å²) in [6.45, 7) is 5.93. The second-order valence-electron chi connectivity index (χ2n) is 7.16. The summed E-state index contributed by atoms with van der Waals surface area (Å²) >= 11 is 0. The Labute approximate surface area is 191 Å². The number of hydrogen-bond acceptors (Lipinski definition) is 3. The van der Waals surface area contributed by atoms with Crippen LogP contribution in [-0.4, -0.2) is 57.3 Å². The molecule has 0 radical (unpaired) electrons. The van der Waals surface area contributed by atoms with Crippen LogP contribution in [0.15, 0.2) is 42.5 Å². The van der Waals surface area contributed by atoms with Crippen LogP contribution in [0, 0.1) is 20.8 Å². The number of pyridine rings is 1. The third kappa shape index (κ3) is 3.78. The molecule has 2 heterocycles. The van der Waals surface area contributed by atoms with Crippen LogP contribution in [0.5, 0.6) is 5.75 Å². The van der Waals surface area contributed by atoms with Gasteiger partial charge in [0.1, 0.15) is 12.3 Å². The number of aromatic nitrogens is 2. The van der Waals surface area contributed by atoms with E-state index in [-0.39, 0.29) is 36.1 Å². The van der Waals surface area contributed by atoms with Crippen LogP contribution in [0.3, 0.4) is 0 Å². The fraction of sp³-hybridized carbons (Fsp3) is 0.217. The molecular weight excluding hydrogens is 375 g/mol. The minimum atomic E-state index is -0.857. The number of fused-ring (bicyclic) bond motifs is 2. The molecule has 0 fully saturated rings. The standard InChI is InChI=1S/C23H22N2O3.Na.H/c1-13-5-8-21-19(9-13)23(15(3)25(21)12-22(26)27)18-10-14(2)24-20-7-6-16(28-4)11-17(18)20;;/h5-11H,12H2,1-4H3,(H,26,27);;. The Kier molecular flexibility index (Phi) is 6.03. The van der Waals surface area contributed by atoms with Gasteiger partial charge in [0.2, 0.25) is 0 Å². The van der Waals surface area contributed by atoms with Gasteiger partial charge in [0.25, 0.3) is 0 Å². The van der Waals surface area contributed by atoms with Crippen molar-refractivity contribution in [2.75, 3.05) is 7.11 Å². The van der Waals surface area contributed by atoms with Crippen LogP contribution in [0.1, 0.15) is 17.0 Å². The maximum atomic E-state index is 11.5. The molecule has 1 N–H and O–H groups in total. The van der Waals surface area contributed by atoms with Gasteiger partial charge >= 0.3 is 35.5 Å². The summed E-state index contributed by atoms with van der Waals surface area (Å²) in [7, 11) is 1.65. The number of rotatable bonds is 4. The van der Waals surface area contributed by atoms with Gasteiger partial charge in [-0.2, -0.15) is 0 Å². The van der Waals surface area contributed by atoms with Gasteiger partial charge in [-0.05, 0) is 62.7 Å². The Bertz CT molecular complexity index is 1240. The van der Waals surface area contributed by atoms with Crippen LogP contribution in [-0.2, 0) is 11.3 Å². The van der Waals surface area contributed by atoms with Gasteiger partial charge in [-0.1, -0.05) is 11.6 Å². The molecule has 144 valence electrons. The normalized spacial score (nSPS) is 10.9. The van der Waals surface area contributed by atoms with E-state index in [9.17, 15) is 9.90 Å². The van der Waals surface area contributed by atoms with Crippen molar-refractivity contribution in [3.05, 3.63) is 59.4 Å². The molecular formula is C23H23N2NaO3. The van der Waals surface area contributed by atoms with E-state index in [0.717, 1.165) is 55.6 Å². The molecule has 5 nitrogen and oxygen atoms in total. The van der Waals surface area contributed by atoms with Crippen molar-refractivity contribution in [1.82, 2.24) is 9.55 Å². The number of hydrogen-bond donors (Lipinski definition) is 1. The molecule has 6 heteroatoms. The predicted molar refractivity (Wildman–Crippen MR) is 118 cm³/mol. The number of aryl methyl sites for hydroxylation is 2. The fourth-order valence-corrected chi connectivity index (χ4v) is 3.95. The molecule has 0 saturated carbocycles. The summed E-state index contributed by atoms with van der Waals surface area (Å²) in [6, 6.07) is 14.1. The third-order valence-electron chi connectivity index (χ3n) is 5.19. The van der Waals surface area contributed by atoms with Crippen LogP contribution >= 0.6 is 0 Å². The summed E-state index contributed by atoms with van der Waals surface area (Å²) in [5.41, 5.74) is 6.88. The Morgan fingerprint density at radius 1 is 1.07 bits per heavy atom. The number of carboxylic acids is 1. The van der Waals surface area contributed by atoms with Gasteiger partial charge in [0.15, 0.2) is 0 Å². The molecule has 0 atom stereocenters. The van der Waals surface area contributed by atoms with Crippen LogP contribution in [0.25, 0.3) is 32.9 Å². The molecule has 0 unspecified atom stereocenters. The topological polar surface area (TPSA) is 64.4 Å². The summed E-state index contributed by atoms with van der Waals surface area (Å²) in [6.07, 6.45) is 0. The average Bonchev–Trinajstić information content (AvgIpc) is 2.91. The van der Waals surface area contributed by atoms with Crippen molar-refractivity contribution >= 4 is 57.3 Å². The zero-order chi connectivity index (χ0) is 20.0. The number of aliphatic carboxylic acids is 1. The number of ether oxygens (including phenoxy) is 1. The molecule has 0 aliphatic rings. The van der Waals surface area contributed by atoms with Gasteiger partial charge in [0.05, 0.1) is 12.6 Å². The first-order chi connectivity index (χ1) is 13.4. The molecule has 0 amide bonds. The van der Waals surface area contributed by atoms with Crippen LogP contribution in [0.2, 0.25) is 0 Å². The third-order valence-corrected chi connectivity index (χ3v) is 5.19. The summed E-state index contributed by atoms with van der Waals surface area (Å²) in [5, 5.41) is 11.5. The van der Waals surface area contributed by atoms with Crippen molar-refractivity contribution in [1.29, 1.82) is 0 Å². The number of methoxy groups -OCH3 is 1. The van der Waals surface area contributed by atoms with Gasteiger partial charge < -0.3 is 14.4 Å². The first-order valence-corrected chi connectivity index (χ1v) is 9.16. The zero-order valence-electron chi connectivity index (χ0n) is 16.4. The van der Waals surface area contributed by atoms with E-state index in [4.69, 9.17) is 4.74 Å². The Hall–Kier alpha value is -2.34. The van der Waals surface area contributed by atoms with Crippen molar-refractivity contribution in [3.63, 3.8) is 0 Å². The molecule has 0 spiro atoms. The Balaban J connectivity index is 0.00000240. The number of nitrogens with zero attached hydrogens (tertiary/aromatic N) is 2. The van der Waals surface area contributed by atoms with E-state index in [1.807, 2.05) is 55.7 Å². The molecule has 29 heavy (non-hydrogen) atoms. The number of carboxylic acid groups (broad SMARTS) is 1. The number of carbonyl (C=O) groups is 1. The van der Waals surface area contributed by atoms with E-state index in [1.165, 1.54) is 0 Å². The molecule has 2 aromatic carbocycles. The SMILES string of the molecule is COc1ccc2nc(C)cc(-c3c(C)n(CC(=O)O)c4ccc(C)cc34)c2c1.[NaH]. The minimum absolute atomic E-state index is 0. The fourth-order valence-electron chi connectivity index (χ4n) is 3.95. The molecule has 0 saturated heterocycles. The van der Waals surface area contributed by atoms with Gasteiger partial charge in [-0.15, -0.1) is 0 Å². The Morgan fingerprint density at radius 3 is 2.52 bits per heavy atom. The van der Waals surface area contributed by atoms with Crippen molar-refractivity contribution < 1.29 is 14.6 Å². The molecule has 0 aliphatic carbocycles. The molecule has 2 aromatic heterocycles. The molecule has 4 rings (SSSR count). The van der Waals surface area contributed by atoms with E-state index in [2.05, 4.69) is 17.1 Å². The van der Waals surface area contributed by atoms with Gasteiger partial charge in [0, 0.05) is 33.2 Å². The van der Waals surface area contributed by atoms with Crippen LogP contribution in [0.4, 0.5) is 0 Å². The van der Waals surface area contributed by atoms with E-state index >= 15 is 0 Å². The predicted octanol–water partition coefficient (Wildman–Crippen LogP) is 4.23. The maximum absolute atomic E-state index is 11.5. The van der Waals surface area contributed by atoms with Gasteiger partial charge in [-0.3, -0.25) is 9.78 Å².